The van der Waals surface area contributed by atoms with Crippen LogP contribution in [0.25, 0.3) is 0 Å². The van der Waals surface area contributed by atoms with Crippen molar-refractivity contribution in [2.75, 3.05) is 6.54 Å². The topological polar surface area (TPSA) is 29.1 Å². The van der Waals surface area contributed by atoms with Crippen molar-refractivity contribution >= 4 is 33.2 Å². The molecule has 0 aliphatic heterocycles. The molecule has 1 rings (SSSR count). The van der Waals surface area contributed by atoms with Gasteiger partial charge in [-0.25, -0.2) is 0 Å². The third-order valence-corrected chi connectivity index (χ3v) is 3.82. The average molecular weight is 248 g/mol. The molecule has 66 valence electrons. The molecule has 0 aromatic carbocycles. The van der Waals surface area contributed by atoms with Gasteiger partial charge >= 0.3 is 0 Å². The van der Waals surface area contributed by atoms with E-state index in [0.29, 0.717) is 6.54 Å². The van der Waals surface area contributed by atoms with Gasteiger partial charge in [0, 0.05) is 11.0 Å². The van der Waals surface area contributed by atoms with Crippen LogP contribution in [0.3, 0.4) is 0 Å². The molecule has 0 saturated heterocycles. The van der Waals surface area contributed by atoms with Gasteiger partial charge in [0.1, 0.15) is 4.88 Å². The Labute approximate surface area is 84.1 Å². The number of nitrogens with one attached hydrogen (secondary N) is 1. The van der Waals surface area contributed by atoms with Crippen molar-refractivity contribution < 1.29 is 4.79 Å². The molecule has 0 aliphatic rings. The van der Waals surface area contributed by atoms with E-state index in [1.165, 1.54) is 11.3 Å². The standard InChI is InChI=1S/C8H10BrNOS/c1-3-10-8(11)7-6(9)5(2)4-12-7/h4H,3H2,1-2H3,(H,10,11). The number of aryl methyl sites for hydroxylation is 1. The number of amides is 1. The fraction of sp³-hybridized carbons (Fsp3) is 0.375. The van der Waals surface area contributed by atoms with Gasteiger partial charge in [-0.05, 0) is 40.7 Å². The number of thiophene rings is 1. The van der Waals surface area contributed by atoms with Crippen LogP contribution >= 0.6 is 27.3 Å². The van der Waals surface area contributed by atoms with Crippen LogP contribution in [-0.2, 0) is 0 Å². The highest BCUT2D eigenvalue weighted by Gasteiger charge is 2.12. The molecule has 0 saturated carbocycles. The second-order valence-electron chi connectivity index (χ2n) is 2.42. The number of halogens is 1. The van der Waals surface area contributed by atoms with Gasteiger partial charge in [0.2, 0.25) is 0 Å². The number of rotatable bonds is 2. The minimum atomic E-state index is 0.00229. The Morgan fingerprint density at radius 3 is 2.83 bits per heavy atom. The number of carbonyl (C=O) groups is 1. The van der Waals surface area contributed by atoms with Crippen LogP contribution < -0.4 is 5.32 Å². The van der Waals surface area contributed by atoms with E-state index < -0.39 is 0 Å². The lowest BCUT2D eigenvalue weighted by Crippen LogP contribution is -2.21. The summed E-state index contributed by atoms with van der Waals surface area (Å²) in [5.41, 5.74) is 1.11. The summed E-state index contributed by atoms with van der Waals surface area (Å²) in [7, 11) is 0. The van der Waals surface area contributed by atoms with Crippen molar-refractivity contribution in [2.45, 2.75) is 13.8 Å². The molecular weight excluding hydrogens is 238 g/mol. The quantitative estimate of drug-likeness (QED) is 0.856. The second kappa shape index (κ2) is 4.05. The Balaban J connectivity index is 2.88. The van der Waals surface area contributed by atoms with E-state index in [1.54, 1.807) is 0 Å². The SMILES string of the molecule is CCNC(=O)c1scc(C)c1Br. The van der Waals surface area contributed by atoms with E-state index in [4.69, 9.17) is 0 Å². The summed E-state index contributed by atoms with van der Waals surface area (Å²) in [6, 6.07) is 0. The third kappa shape index (κ3) is 1.87. The first-order chi connectivity index (χ1) is 5.66. The highest BCUT2D eigenvalue weighted by atomic mass is 79.9. The number of hydrogen-bond acceptors (Lipinski definition) is 2. The maximum Gasteiger partial charge on any atom is 0.262 e. The van der Waals surface area contributed by atoms with Gasteiger partial charge in [-0.1, -0.05) is 0 Å². The normalized spacial score (nSPS) is 9.92. The Morgan fingerprint density at radius 1 is 1.75 bits per heavy atom. The number of carbonyl (C=O) groups excluding carboxylic acids is 1. The van der Waals surface area contributed by atoms with Crippen LogP contribution in [-0.4, -0.2) is 12.5 Å². The molecule has 0 atom stereocenters. The summed E-state index contributed by atoms with van der Waals surface area (Å²) in [6.45, 7) is 4.55. The highest BCUT2D eigenvalue weighted by molar-refractivity contribution is 9.10. The molecule has 0 bridgehead atoms. The molecular formula is C8H10BrNOS. The number of hydrogen-bond donors (Lipinski definition) is 1. The molecule has 1 amide bonds. The van der Waals surface area contributed by atoms with E-state index in [2.05, 4.69) is 21.2 Å². The Hall–Kier alpha value is -0.350. The second-order valence-corrected chi connectivity index (χ2v) is 4.09. The van der Waals surface area contributed by atoms with Gasteiger partial charge in [0.05, 0.1) is 0 Å². The molecule has 0 radical (unpaired) electrons. The third-order valence-electron chi connectivity index (χ3n) is 1.44. The van der Waals surface area contributed by atoms with Gasteiger partial charge < -0.3 is 5.32 Å². The maximum absolute atomic E-state index is 11.3. The van der Waals surface area contributed by atoms with Gasteiger partial charge in [-0.2, -0.15) is 0 Å². The van der Waals surface area contributed by atoms with Crippen LogP contribution in [0, 0.1) is 6.92 Å². The van der Waals surface area contributed by atoms with Gasteiger partial charge in [0.15, 0.2) is 0 Å². The first-order valence-corrected chi connectivity index (χ1v) is 5.35. The highest BCUT2D eigenvalue weighted by Crippen LogP contribution is 2.27. The zero-order valence-corrected chi connectivity index (χ0v) is 9.38. The first-order valence-electron chi connectivity index (χ1n) is 3.68. The molecule has 0 spiro atoms. The molecule has 4 heteroatoms. The van der Waals surface area contributed by atoms with Crippen LogP contribution in [0.1, 0.15) is 22.2 Å². The van der Waals surface area contributed by atoms with Crippen LogP contribution in [0.4, 0.5) is 0 Å². The van der Waals surface area contributed by atoms with Gasteiger partial charge in [0.25, 0.3) is 5.91 Å². The summed E-state index contributed by atoms with van der Waals surface area (Å²) in [5.74, 6) is 0.00229. The van der Waals surface area contributed by atoms with E-state index in [1.807, 2.05) is 19.2 Å². The Kier molecular flexibility index (Phi) is 3.29. The summed E-state index contributed by atoms with van der Waals surface area (Å²) < 4.78 is 0.915. The van der Waals surface area contributed by atoms with Crippen molar-refractivity contribution in [1.29, 1.82) is 0 Å². The van der Waals surface area contributed by atoms with Crippen molar-refractivity contribution in [1.82, 2.24) is 5.32 Å². The van der Waals surface area contributed by atoms with Crippen molar-refractivity contribution in [3.8, 4) is 0 Å². The zero-order chi connectivity index (χ0) is 9.14. The Morgan fingerprint density at radius 2 is 2.42 bits per heavy atom. The molecule has 12 heavy (non-hydrogen) atoms. The minimum Gasteiger partial charge on any atom is -0.352 e. The fourth-order valence-corrected chi connectivity index (χ4v) is 2.41. The van der Waals surface area contributed by atoms with Gasteiger partial charge in [-0.3, -0.25) is 4.79 Å². The van der Waals surface area contributed by atoms with Crippen LogP contribution in [0.15, 0.2) is 9.85 Å². The lowest BCUT2D eigenvalue weighted by atomic mass is 10.3. The fourth-order valence-electron chi connectivity index (χ4n) is 0.824. The molecule has 2 nitrogen and oxygen atoms in total. The lowest BCUT2D eigenvalue weighted by molar-refractivity contribution is 0.0959. The van der Waals surface area contributed by atoms with Crippen molar-refractivity contribution in [2.24, 2.45) is 0 Å². The zero-order valence-electron chi connectivity index (χ0n) is 6.98. The molecule has 0 fully saturated rings. The smallest absolute Gasteiger partial charge is 0.262 e. The van der Waals surface area contributed by atoms with Crippen molar-refractivity contribution in [3.63, 3.8) is 0 Å². The predicted molar refractivity (Wildman–Crippen MR) is 54.8 cm³/mol. The van der Waals surface area contributed by atoms with E-state index in [0.717, 1.165) is 14.9 Å². The molecule has 1 aromatic rings. The lowest BCUT2D eigenvalue weighted by Gasteiger charge is -1.98. The largest absolute Gasteiger partial charge is 0.352 e. The molecule has 1 N–H and O–H groups in total. The summed E-state index contributed by atoms with van der Waals surface area (Å²) in [5, 5.41) is 4.72. The maximum atomic E-state index is 11.3. The molecule has 1 heterocycles. The van der Waals surface area contributed by atoms with Crippen LogP contribution in [0.2, 0.25) is 0 Å². The Bertz CT molecular complexity index is 295. The van der Waals surface area contributed by atoms with E-state index in [9.17, 15) is 4.79 Å². The monoisotopic (exact) mass is 247 g/mol. The summed E-state index contributed by atoms with van der Waals surface area (Å²) >= 11 is 4.84. The average Bonchev–Trinajstić information content (AvgIpc) is 2.34. The van der Waals surface area contributed by atoms with Crippen LogP contribution in [0.5, 0.6) is 0 Å². The van der Waals surface area contributed by atoms with Crippen molar-refractivity contribution in [3.05, 3.63) is 20.3 Å². The van der Waals surface area contributed by atoms with E-state index >= 15 is 0 Å². The molecule has 0 aliphatic carbocycles. The molecule has 1 aromatic heterocycles. The predicted octanol–water partition coefficient (Wildman–Crippen LogP) is 2.57. The summed E-state index contributed by atoms with van der Waals surface area (Å²) in [4.78, 5) is 12.1. The molecule has 0 unspecified atom stereocenters. The minimum absolute atomic E-state index is 0.00229. The first kappa shape index (κ1) is 9.74. The van der Waals surface area contributed by atoms with Gasteiger partial charge in [-0.15, -0.1) is 11.3 Å². The van der Waals surface area contributed by atoms with E-state index in [-0.39, 0.29) is 5.91 Å². The summed E-state index contributed by atoms with van der Waals surface area (Å²) in [6.07, 6.45) is 0.